The molecule has 0 aliphatic rings. The molecule has 0 radical (unpaired) electrons. The average molecular weight is 327 g/mol. The van der Waals surface area contributed by atoms with E-state index in [1.54, 1.807) is 0 Å². The molecular weight excluding hydrogens is 303 g/mol. The van der Waals surface area contributed by atoms with E-state index >= 15 is 0 Å². The van der Waals surface area contributed by atoms with Crippen molar-refractivity contribution in [2.45, 2.75) is 57.4 Å². The third kappa shape index (κ3) is 6.26. The van der Waals surface area contributed by atoms with Crippen LogP contribution in [0.4, 0.5) is 0 Å². The number of rotatable bonds is 8. The third-order valence-electron chi connectivity index (χ3n) is 2.91. The minimum absolute atomic E-state index is 0.0858. The van der Waals surface area contributed by atoms with Crippen molar-refractivity contribution in [1.82, 2.24) is 0 Å². The predicted octanol–water partition coefficient (Wildman–Crippen LogP) is 3.34. The summed E-state index contributed by atoms with van der Waals surface area (Å²) in [6.45, 7) is 5.86. The Morgan fingerprint density at radius 1 is 1.16 bits per heavy atom. The van der Waals surface area contributed by atoms with Crippen LogP contribution in [-0.2, 0) is 9.53 Å². The number of hydrogen-bond donors (Lipinski definition) is 0. The molecular formula is C16H24O2Se. The summed E-state index contributed by atoms with van der Waals surface area (Å²) in [5.41, 5.74) is 0. The standard InChI is InChI=1S/C16H24O2Se/c1-4-9-15(18-13(3)17)16(10-5-2)19-14-11-7-6-8-12-14/h6-8,11-12,15-16H,4-5,9-10H2,1-3H3/t15-,16+/m0/s1. The van der Waals surface area contributed by atoms with Gasteiger partial charge in [0.2, 0.25) is 0 Å². The van der Waals surface area contributed by atoms with E-state index in [1.165, 1.54) is 11.4 Å². The van der Waals surface area contributed by atoms with Crippen LogP contribution in [0.3, 0.4) is 0 Å². The number of benzene rings is 1. The average Bonchev–Trinajstić information content (AvgIpc) is 2.38. The normalized spacial score (nSPS) is 13.8. The molecule has 0 amide bonds. The van der Waals surface area contributed by atoms with Gasteiger partial charge >= 0.3 is 123 Å². The molecule has 0 saturated heterocycles. The maximum atomic E-state index is 11.3. The second-order valence-corrected chi connectivity index (χ2v) is 7.45. The molecule has 2 nitrogen and oxygen atoms in total. The zero-order valence-corrected chi connectivity index (χ0v) is 13.8. The fraction of sp³-hybridized carbons (Fsp3) is 0.562. The molecule has 2 atom stereocenters. The van der Waals surface area contributed by atoms with Gasteiger partial charge < -0.3 is 0 Å². The first-order valence-corrected chi connectivity index (χ1v) is 8.90. The minimum atomic E-state index is -0.150. The van der Waals surface area contributed by atoms with Gasteiger partial charge in [0, 0.05) is 0 Å². The number of esters is 1. The van der Waals surface area contributed by atoms with Crippen molar-refractivity contribution in [2.24, 2.45) is 0 Å². The molecule has 0 saturated carbocycles. The van der Waals surface area contributed by atoms with Crippen molar-refractivity contribution in [3.8, 4) is 0 Å². The van der Waals surface area contributed by atoms with Crippen LogP contribution < -0.4 is 4.46 Å². The van der Waals surface area contributed by atoms with E-state index in [9.17, 15) is 4.79 Å². The zero-order valence-electron chi connectivity index (χ0n) is 12.1. The molecule has 0 aliphatic heterocycles. The van der Waals surface area contributed by atoms with Crippen molar-refractivity contribution < 1.29 is 9.53 Å². The van der Waals surface area contributed by atoms with Crippen molar-refractivity contribution in [2.75, 3.05) is 0 Å². The van der Waals surface area contributed by atoms with Gasteiger partial charge in [-0.1, -0.05) is 0 Å². The van der Waals surface area contributed by atoms with Gasteiger partial charge in [-0.2, -0.15) is 0 Å². The van der Waals surface area contributed by atoms with Crippen LogP contribution in [0.2, 0.25) is 4.82 Å². The van der Waals surface area contributed by atoms with E-state index in [1.807, 2.05) is 6.07 Å². The Bertz CT molecular complexity index is 364. The number of ether oxygens (including phenoxy) is 1. The second kappa shape index (κ2) is 9.17. The van der Waals surface area contributed by atoms with Gasteiger partial charge in [-0.05, 0) is 0 Å². The summed E-state index contributed by atoms with van der Waals surface area (Å²) in [5.74, 6) is -0.150. The van der Waals surface area contributed by atoms with Gasteiger partial charge in [-0.3, -0.25) is 0 Å². The van der Waals surface area contributed by atoms with Crippen molar-refractivity contribution >= 4 is 25.4 Å². The van der Waals surface area contributed by atoms with Gasteiger partial charge in [0.25, 0.3) is 0 Å². The van der Waals surface area contributed by atoms with E-state index in [0.29, 0.717) is 19.8 Å². The topological polar surface area (TPSA) is 26.3 Å². The molecule has 0 fully saturated rings. The molecule has 1 rings (SSSR count). The first-order chi connectivity index (χ1) is 9.17. The molecule has 106 valence electrons. The Balaban J connectivity index is 2.74. The summed E-state index contributed by atoms with van der Waals surface area (Å²) in [6.07, 6.45) is 4.39. The monoisotopic (exact) mass is 328 g/mol. The van der Waals surface area contributed by atoms with Crippen LogP contribution in [0.25, 0.3) is 0 Å². The van der Waals surface area contributed by atoms with Crippen LogP contribution in [-0.4, -0.2) is 27.0 Å². The summed E-state index contributed by atoms with van der Waals surface area (Å²) < 4.78 is 6.94. The van der Waals surface area contributed by atoms with Gasteiger partial charge in [-0.15, -0.1) is 0 Å². The Hall–Kier alpha value is -0.791. The molecule has 19 heavy (non-hydrogen) atoms. The maximum absolute atomic E-state index is 11.3. The van der Waals surface area contributed by atoms with Crippen LogP contribution in [0.1, 0.15) is 46.5 Å². The zero-order chi connectivity index (χ0) is 14.1. The molecule has 3 heteroatoms. The molecule has 0 aliphatic carbocycles. The Morgan fingerprint density at radius 3 is 2.32 bits per heavy atom. The van der Waals surface area contributed by atoms with Crippen LogP contribution in [0.5, 0.6) is 0 Å². The number of carbonyl (C=O) groups excluding carboxylic acids is 1. The summed E-state index contributed by atoms with van der Waals surface area (Å²) in [4.78, 5) is 11.8. The van der Waals surface area contributed by atoms with Crippen LogP contribution in [0, 0.1) is 0 Å². The van der Waals surface area contributed by atoms with Gasteiger partial charge in [0.15, 0.2) is 0 Å². The molecule has 0 N–H and O–H groups in total. The second-order valence-electron chi connectivity index (χ2n) is 4.69. The molecule has 0 unspecified atom stereocenters. The van der Waals surface area contributed by atoms with E-state index in [-0.39, 0.29) is 12.1 Å². The molecule has 0 heterocycles. The van der Waals surface area contributed by atoms with Gasteiger partial charge in [-0.25, -0.2) is 0 Å². The first kappa shape index (κ1) is 16.3. The SMILES string of the molecule is CCC[C@H](OC(C)=O)[C@@H](CCC)[Se]c1ccccc1. The van der Waals surface area contributed by atoms with E-state index in [4.69, 9.17) is 4.74 Å². The van der Waals surface area contributed by atoms with E-state index in [0.717, 1.165) is 25.7 Å². The molecule has 0 spiro atoms. The predicted molar refractivity (Wildman–Crippen MR) is 81.0 cm³/mol. The fourth-order valence-corrected chi connectivity index (χ4v) is 4.95. The summed E-state index contributed by atoms with van der Waals surface area (Å²) in [5, 5.41) is 0. The van der Waals surface area contributed by atoms with Crippen molar-refractivity contribution in [1.29, 1.82) is 0 Å². The van der Waals surface area contributed by atoms with Gasteiger partial charge in [0.05, 0.1) is 0 Å². The number of carbonyl (C=O) groups is 1. The van der Waals surface area contributed by atoms with Crippen LogP contribution >= 0.6 is 0 Å². The van der Waals surface area contributed by atoms with E-state index in [2.05, 4.69) is 38.1 Å². The summed E-state index contributed by atoms with van der Waals surface area (Å²) >= 11 is 0.368. The van der Waals surface area contributed by atoms with Crippen molar-refractivity contribution in [3.63, 3.8) is 0 Å². The van der Waals surface area contributed by atoms with Crippen LogP contribution in [0.15, 0.2) is 30.3 Å². The summed E-state index contributed by atoms with van der Waals surface area (Å²) in [6, 6.07) is 10.6. The fourth-order valence-electron chi connectivity index (χ4n) is 2.10. The molecule has 1 aromatic carbocycles. The number of hydrogen-bond acceptors (Lipinski definition) is 2. The van der Waals surface area contributed by atoms with E-state index < -0.39 is 0 Å². The Kier molecular flexibility index (Phi) is 7.85. The Morgan fingerprint density at radius 2 is 1.79 bits per heavy atom. The molecule has 0 aromatic heterocycles. The van der Waals surface area contributed by atoms with Gasteiger partial charge in [0.1, 0.15) is 0 Å². The molecule has 0 bridgehead atoms. The summed E-state index contributed by atoms with van der Waals surface area (Å²) in [7, 11) is 0. The Labute approximate surface area is 123 Å². The molecule has 1 aromatic rings. The van der Waals surface area contributed by atoms with Crippen molar-refractivity contribution in [3.05, 3.63) is 30.3 Å². The quantitative estimate of drug-likeness (QED) is 0.541. The third-order valence-corrected chi connectivity index (χ3v) is 5.82. The first-order valence-electron chi connectivity index (χ1n) is 7.06.